The molecule has 5 heteroatoms. The van der Waals surface area contributed by atoms with E-state index in [-0.39, 0.29) is 28.4 Å². The SMILES string of the molecule is C[C@]12CC[C@H]3[C@@H](CC[C@@]4(C)[C@@H](Oc5ccccc5)[C@@H](O)CC[C@]34C)[C@@H]1[C@@H]1CC1CN2C(=O)C1CCC(F)CC1. The fraction of sp³-hybridized carbons (Fsp3) is 0.794. The van der Waals surface area contributed by atoms with Crippen molar-refractivity contribution < 1.29 is 19.0 Å². The lowest BCUT2D eigenvalue weighted by Gasteiger charge is -2.68. The Kier molecular flexibility index (Phi) is 6.20. The molecule has 0 radical (unpaired) electrons. The maximum absolute atomic E-state index is 14.0. The predicted octanol–water partition coefficient (Wildman–Crippen LogP) is 6.80. The van der Waals surface area contributed by atoms with Gasteiger partial charge in [0.2, 0.25) is 5.91 Å². The fourth-order valence-corrected chi connectivity index (χ4v) is 11.0. The topological polar surface area (TPSA) is 49.8 Å². The maximum atomic E-state index is 14.0. The molecule has 1 N–H and O–H groups in total. The van der Waals surface area contributed by atoms with Crippen LogP contribution >= 0.6 is 0 Å². The third kappa shape index (κ3) is 3.87. The number of hydrogen-bond acceptors (Lipinski definition) is 3. The molecule has 0 spiro atoms. The Hall–Kier alpha value is -1.62. The highest BCUT2D eigenvalue weighted by Crippen LogP contribution is 2.71. The van der Waals surface area contributed by atoms with Crippen LogP contribution < -0.4 is 4.74 Å². The molecule has 39 heavy (non-hydrogen) atoms. The number of carbonyl (C=O) groups excluding carboxylic acids is 1. The number of hydrogen-bond donors (Lipinski definition) is 1. The largest absolute Gasteiger partial charge is 0.487 e. The first-order valence-corrected chi connectivity index (χ1v) is 16.0. The van der Waals surface area contributed by atoms with Gasteiger partial charge in [0.15, 0.2) is 0 Å². The van der Waals surface area contributed by atoms with Gasteiger partial charge in [0.25, 0.3) is 0 Å². The molecule has 10 atom stereocenters. The standard InChI is InChI=1S/C34H48FNO3/c1-32-17-15-28(37)30(39-24-7-5-4-6-8-24)33(32,2)16-13-25-27(32)14-18-34(3)29(25)26-19-22(26)20-36(34)31(38)21-9-11-23(35)12-10-21/h4-8,21-23,25-30,37H,9-20H2,1-3H3/t21?,22?,23?,25-,26-,27+,28+,29-,30+,32-,33+,34+/m1/s1. The summed E-state index contributed by atoms with van der Waals surface area (Å²) in [6.45, 7) is 8.27. The Balaban J connectivity index is 1.17. The lowest BCUT2D eigenvalue weighted by molar-refractivity contribution is -0.223. The number of nitrogens with zero attached hydrogens (tertiary/aromatic N) is 1. The number of fused-ring (bicyclic) bond motifs is 7. The molecule has 5 aliphatic carbocycles. The molecule has 1 unspecified atom stereocenters. The van der Waals surface area contributed by atoms with Crippen LogP contribution in [0.5, 0.6) is 5.75 Å². The molecule has 7 rings (SSSR count). The molecule has 1 amide bonds. The number of benzene rings is 1. The number of amides is 1. The first-order valence-electron chi connectivity index (χ1n) is 16.0. The number of likely N-dealkylation sites (tertiary alicyclic amines) is 1. The molecule has 4 nitrogen and oxygen atoms in total. The molecule has 6 aliphatic rings. The summed E-state index contributed by atoms with van der Waals surface area (Å²) in [5.41, 5.74) is -0.0552. The van der Waals surface area contributed by atoms with Gasteiger partial charge in [-0.15, -0.1) is 0 Å². The molecular formula is C34H48FNO3. The molecular weight excluding hydrogens is 489 g/mol. The summed E-state index contributed by atoms with van der Waals surface area (Å²) < 4.78 is 20.5. The zero-order chi connectivity index (χ0) is 27.2. The summed E-state index contributed by atoms with van der Waals surface area (Å²) >= 11 is 0. The molecule has 214 valence electrons. The number of ether oxygens (including phenoxy) is 1. The van der Waals surface area contributed by atoms with Gasteiger partial charge in [-0.05, 0) is 125 Å². The molecule has 0 aromatic heterocycles. The number of alkyl halides is 1. The van der Waals surface area contributed by atoms with Crippen molar-refractivity contribution in [2.24, 2.45) is 46.3 Å². The average Bonchev–Trinajstić information content (AvgIpc) is 3.71. The number of para-hydroxylation sites is 1. The van der Waals surface area contributed by atoms with Gasteiger partial charge in [-0.25, -0.2) is 4.39 Å². The molecule has 1 aromatic carbocycles. The van der Waals surface area contributed by atoms with Crippen molar-refractivity contribution in [2.45, 2.75) is 115 Å². The molecule has 0 bridgehead atoms. The van der Waals surface area contributed by atoms with Crippen LogP contribution in [0.2, 0.25) is 0 Å². The number of piperidine rings is 1. The van der Waals surface area contributed by atoms with Gasteiger partial charge < -0.3 is 14.7 Å². The number of halogens is 1. The Bertz CT molecular complexity index is 1090. The Morgan fingerprint density at radius 3 is 2.38 bits per heavy atom. The Morgan fingerprint density at radius 2 is 1.64 bits per heavy atom. The second kappa shape index (κ2) is 9.19. The van der Waals surface area contributed by atoms with Gasteiger partial charge in [0.05, 0.1) is 6.10 Å². The monoisotopic (exact) mass is 537 g/mol. The molecule has 1 aromatic rings. The number of carbonyl (C=O) groups is 1. The molecule has 1 heterocycles. The van der Waals surface area contributed by atoms with Gasteiger partial charge in [0.1, 0.15) is 18.0 Å². The fourth-order valence-electron chi connectivity index (χ4n) is 11.0. The highest BCUT2D eigenvalue weighted by Gasteiger charge is 2.70. The van der Waals surface area contributed by atoms with Crippen LogP contribution in [0.3, 0.4) is 0 Å². The highest BCUT2D eigenvalue weighted by molar-refractivity contribution is 5.80. The second-order valence-electron chi connectivity index (χ2n) is 15.1. The van der Waals surface area contributed by atoms with Gasteiger partial charge in [-0.1, -0.05) is 32.0 Å². The minimum absolute atomic E-state index is 0.0189. The lowest BCUT2D eigenvalue weighted by atomic mass is 9.39. The van der Waals surface area contributed by atoms with E-state index in [0.717, 1.165) is 69.6 Å². The smallest absolute Gasteiger partial charge is 0.226 e. The minimum Gasteiger partial charge on any atom is -0.487 e. The van der Waals surface area contributed by atoms with Crippen molar-refractivity contribution in [3.8, 4) is 5.75 Å². The lowest BCUT2D eigenvalue weighted by Crippen LogP contribution is -2.69. The quantitative estimate of drug-likeness (QED) is 0.461. The van der Waals surface area contributed by atoms with Crippen LogP contribution in [-0.2, 0) is 4.79 Å². The van der Waals surface area contributed by atoms with Gasteiger partial charge >= 0.3 is 0 Å². The molecule has 1 saturated heterocycles. The van der Waals surface area contributed by atoms with Gasteiger partial charge in [0, 0.05) is 23.4 Å². The van der Waals surface area contributed by atoms with Gasteiger partial charge in [-0.2, -0.15) is 0 Å². The number of aliphatic hydroxyl groups is 1. The van der Waals surface area contributed by atoms with Crippen LogP contribution in [0.4, 0.5) is 4.39 Å². The van der Waals surface area contributed by atoms with E-state index in [9.17, 15) is 14.3 Å². The Morgan fingerprint density at radius 1 is 0.923 bits per heavy atom. The molecule has 6 fully saturated rings. The van der Waals surface area contributed by atoms with E-state index in [1.807, 2.05) is 30.3 Å². The summed E-state index contributed by atoms with van der Waals surface area (Å²) in [6.07, 6.45) is 8.76. The van der Waals surface area contributed by atoms with E-state index >= 15 is 0 Å². The van der Waals surface area contributed by atoms with Crippen molar-refractivity contribution in [2.75, 3.05) is 6.54 Å². The van der Waals surface area contributed by atoms with Crippen molar-refractivity contribution in [3.05, 3.63) is 30.3 Å². The van der Waals surface area contributed by atoms with Gasteiger partial charge in [-0.3, -0.25) is 4.79 Å². The highest BCUT2D eigenvalue weighted by atomic mass is 19.1. The van der Waals surface area contributed by atoms with Crippen molar-refractivity contribution >= 4 is 5.91 Å². The van der Waals surface area contributed by atoms with Crippen LogP contribution in [0, 0.1) is 46.3 Å². The van der Waals surface area contributed by atoms with Crippen molar-refractivity contribution in [3.63, 3.8) is 0 Å². The van der Waals surface area contributed by atoms with E-state index in [2.05, 4.69) is 25.7 Å². The Labute approximate surface area is 234 Å². The molecule has 5 saturated carbocycles. The van der Waals surface area contributed by atoms with E-state index < -0.39 is 12.3 Å². The zero-order valence-electron chi connectivity index (χ0n) is 24.2. The summed E-state index contributed by atoms with van der Waals surface area (Å²) in [7, 11) is 0. The third-order valence-corrected chi connectivity index (χ3v) is 13.5. The average molecular weight is 538 g/mol. The normalized spacial score (nSPS) is 50.6. The molecule has 1 aliphatic heterocycles. The van der Waals surface area contributed by atoms with Crippen LogP contribution in [0.1, 0.15) is 91.4 Å². The zero-order valence-corrected chi connectivity index (χ0v) is 24.2. The maximum Gasteiger partial charge on any atom is 0.226 e. The summed E-state index contributed by atoms with van der Waals surface area (Å²) in [6, 6.07) is 10.1. The van der Waals surface area contributed by atoms with Crippen LogP contribution in [-0.4, -0.2) is 46.4 Å². The van der Waals surface area contributed by atoms with E-state index in [0.29, 0.717) is 42.4 Å². The van der Waals surface area contributed by atoms with Crippen LogP contribution in [0.25, 0.3) is 0 Å². The third-order valence-electron chi connectivity index (χ3n) is 13.5. The summed E-state index contributed by atoms with van der Waals surface area (Å²) in [5.74, 6) is 4.42. The second-order valence-corrected chi connectivity index (χ2v) is 15.1. The van der Waals surface area contributed by atoms with Crippen molar-refractivity contribution in [1.82, 2.24) is 4.90 Å². The van der Waals surface area contributed by atoms with E-state index in [4.69, 9.17) is 4.74 Å². The number of aliphatic hydroxyl groups excluding tert-OH is 1. The predicted molar refractivity (Wildman–Crippen MR) is 150 cm³/mol. The first kappa shape index (κ1) is 26.3. The van der Waals surface area contributed by atoms with Crippen molar-refractivity contribution in [1.29, 1.82) is 0 Å². The van der Waals surface area contributed by atoms with Crippen LogP contribution in [0.15, 0.2) is 30.3 Å². The van der Waals surface area contributed by atoms with E-state index in [1.165, 1.54) is 6.42 Å². The first-order chi connectivity index (χ1) is 18.7. The summed E-state index contributed by atoms with van der Waals surface area (Å²) in [4.78, 5) is 16.3. The number of rotatable bonds is 3. The summed E-state index contributed by atoms with van der Waals surface area (Å²) in [5, 5.41) is 11.3. The van der Waals surface area contributed by atoms with E-state index in [1.54, 1.807) is 0 Å². The minimum atomic E-state index is -0.719.